The third-order valence-electron chi connectivity index (χ3n) is 8.32. The van der Waals surface area contributed by atoms with E-state index in [1.54, 1.807) is 0 Å². The van der Waals surface area contributed by atoms with Crippen molar-refractivity contribution in [1.82, 2.24) is 0 Å². The molecule has 0 saturated heterocycles. The molecule has 0 rings (SSSR count). The molecule has 4 nitrogen and oxygen atoms in total. The van der Waals surface area contributed by atoms with Crippen LogP contribution in [0.3, 0.4) is 0 Å². The van der Waals surface area contributed by atoms with E-state index >= 15 is 0 Å². The van der Waals surface area contributed by atoms with Crippen LogP contribution in [0, 0.1) is 28.6 Å². The summed E-state index contributed by atoms with van der Waals surface area (Å²) in [6, 6.07) is 0. The van der Waals surface area contributed by atoms with Gasteiger partial charge in [0.1, 0.15) is 0 Å². The van der Waals surface area contributed by atoms with Gasteiger partial charge in [-0.1, -0.05) is 139 Å². The first-order valence-electron chi connectivity index (χ1n) is 18.0. The monoisotopic (exact) mass is 595 g/mol. The van der Waals surface area contributed by atoms with E-state index in [1.165, 1.54) is 77.0 Å². The molecule has 0 aromatic heterocycles. The molecule has 0 aliphatic rings. The zero-order valence-corrected chi connectivity index (χ0v) is 29.9. The molecule has 0 aliphatic carbocycles. The van der Waals surface area contributed by atoms with Crippen molar-refractivity contribution in [1.29, 1.82) is 0 Å². The highest BCUT2D eigenvalue weighted by atomic mass is 16.5. The molecule has 0 aromatic rings. The molecular formula is C38H74O4. The summed E-state index contributed by atoms with van der Waals surface area (Å²) in [6.07, 6.45) is 22.7. The number of carbonyl (C=O) groups excluding carboxylic acids is 2. The summed E-state index contributed by atoms with van der Waals surface area (Å²) in [5, 5.41) is 0. The van der Waals surface area contributed by atoms with Crippen LogP contribution in [0.4, 0.5) is 0 Å². The molecule has 0 aliphatic heterocycles. The van der Waals surface area contributed by atoms with Gasteiger partial charge in [-0.3, -0.25) is 9.59 Å². The standard InChI is InChI=1S/C38H74O4/c1-32(22-18-14-10-12-16-20-24-35(39)41-28-26-33(2)30-37(4,5)6)23-19-15-11-13-17-21-25-36(40)42-29-27-34(3)31-38(7,8)9/h32-34H,10-31H2,1-9H3. The highest BCUT2D eigenvalue weighted by molar-refractivity contribution is 5.69. The summed E-state index contributed by atoms with van der Waals surface area (Å²) in [4.78, 5) is 23.9. The number of hydrogen-bond donors (Lipinski definition) is 0. The summed E-state index contributed by atoms with van der Waals surface area (Å²) >= 11 is 0. The first-order chi connectivity index (χ1) is 19.7. The molecule has 2 atom stereocenters. The maximum absolute atomic E-state index is 12.0. The molecule has 0 N–H and O–H groups in total. The zero-order chi connectivity index (χ0) is 31.9. The van der Waals surface area contributed by atoms with Crippen LogP contribution in [-0.4, -0.2) is 25.2 Å². The molecule has 250 valence electrons. The lowest BCUT2D eigenvalue weighted by Gasteiger charge is -2.23. The minimum absolute atomic E-state index is 0.0148. The lowest BCUT2D eigenvalue weighted by atomic mass is 9.84. The van der Waals surface area contributed by atoms with Crippen molar-refractivity contribution in [3.63, 3.8) is 0 Å². The van der Waals surface area contributed by atoms with Gasteiger partial charge in [-0.05, 0) is 67.1 Å². The molecule has 0 amide bonds. The summed E-state index contributed by atoms with van der Waals surface area (Å²) < 4.78 is 10.9. The van der Waals surface area contributed by atoms with Crippen molar-refractivity contribution in [3.8, 4) is 0 Å². The second-order valence-corrected chi connectivity index (χ2v) is 16.2. The Kier molecular flexibility index (Phi) is 23.7. The fourth-order valence-corrected chi connectivity index (χ4v) is 6.27. The van der Waals surface area contributed by atoms with E-state index in [9.17, 15) is 9.59 Å². The van der Waals surface area contributed by atoms with Crippen molar-refractivity contribution in [3.05, 3.63) is 0 Å². The zero-order valence-electron chi connectivity index (χ0n) is 29.9. The fourth-order valence-electron chi connectivity index (χ4n) is 6.27. The number of rotatable bonds is 26. The van der Waals surface area contributed by atoms with Gasteiger partial charge in [-0.15, -0.1) is 0 Å². The largest absolute Gasteiger partial charge is 0.466 e. The number of ether oxygens (including phenoxy) is 2. The number of carbonyl (C=O) groups is 2. The van der Waals surface area contributed by atoms with Crippen molar-refractivity contribution in [2.24, 2.45) is 28.6 Å². The van der Waals surface area contributed by atoms with Crippen molar-refractivity contribution >= 4 is 11.9 Å². The molecule has 0 radical (unpaired) electrons. The van der Waals surface area contributed by atoms with Crippen LogP contribution in [-0.2, 0) is 19.1 Å². The van der Waals surface area contributed by atoms with Crippen LogP contribution in [0.15, 0.2) is 0 Å². The van der Waals surface area contributed by atoms with Crippen LogP contribution in [0.2, 0.25) is 0 Å². The van der Waals surface area contributed by atoms with Gasteiger partial charge in [-0.25, -0.2) is 0 Å². The Morgan fingerprint density at radius 3 is 1.10 bits per heavy atom. The van der Waals surface area contributed by atoms with E-state index in [0.717, 1.165) is 44.4 Å². The first-order valence-corrected chi connectivity index (χ1v) is 18.0. The number of unbranched alkanes of at least 4 members (excludes halogenated alkanes) is 10. The number of hydrogen-bond acceptors (Lipinski definition) is 4. The van der Waals surface area contributed by atoms with E-state index < -0.39 is 0 Å². The van der Waals surface area contributed by atoms with Gasteiger partial charge in [0, 0.05) is 12.8 Å². The molecular weight excluding hydrogens is 520 g/mol. The van der Waals surface area contributed by atoms with Gasteiger partial charge in [-0.2, -0.15) is 0 Å². The lowest BCUT2D eigenvalue weighted by Crippen LogP contribution is -2.14. The van der Waals surface area contributed by atoms with E-state index in [2.05, 4.69) is 62.3 Å². The smallest absolute Gasteiger partial charge is 0.305 e. The minimum atomic E-state index is -0.0148. The van der Waals surface area contributed by atoms with Gasteiger partial charge >= 0.3 is 11.9 Å². The van der Waals surface area contributed by atoms with Crippen LogP contribution in [0.1, 0.15) is 191 Å². The minimum Gasteiger partial charge on any atom is -0.466 e. The molecule has 0 fully saturated rings. The molecule has 0 saturated carbocycles. The van der Waals surface area contributed by atoms with Crippen LogP contribution in [0.25, 0.3) is 0 Å². The van der Waals surface area contributed by atoms with Crippen molar-refractivity contribution in [2.45, 2.75) is 191 Å². The second kappa shape index (κ2) is 24.3. The molecule has 0 heterocycles. The highest BCUT2D eigenvalue weighted by Gasteiger charge is 2.16. The Bertz CT molecular complexity index is 601. The van der Waals surface area contributed by atoms with E-state index in [-0.39, 0.29) is 11.9 Å². The highest BCUT2D eigenvalue weighted by Crippen LogP contribution is 2.27. The summed E-state index contributed by atoms with van der Waals surface area (Å²) in [7, 11) is 0. The van der Waals surface area contributed by atoms with Crippen molar-refractivity contribution in [2.75, 3.05) is 13.2 Å². The maximum atomic E-state index is 12.0. The van der Waals surface area contributed by atoms with Crippen molar-refractivity contribution < 1.29 is 19.1 Å². The summed E-state index contributed by atoms with van der Waals surface area (Å²) in [5.74, 6) is 2.00. The van der Waals surface area contributed by atoms with E-state index in [0.29, 0.717) is 48.7 Å². The quantitative estimate of drug-likeness (QED) is 0.0738. The third kappa shape index (κ3) is 30.4. The van der Waals surface area contributed by atoms with E-state index in [4.69, 9.17) is 9.47 Å². The molecule has 0 aromatic carbocycles. The molecule has 2 unspecified atom stereocenters. The fraction of sp³-hybridized carbons (Fsp3) is 0.947. The topological polar surface area (TPSA) is 52.6 Å². The molecule has 0 bridgehead atoms. The Morgan fingerprint density at radius 2 is 0.762 bits per heavy atom. The van der Waals surface area contributed by atoms with Gasteiger partial charge in [0.25, 0.3) is 0 Å². The molecule has 42 heavy (non-hydrogen) atoms. The average Bonchev–Trinajstić information content (AvgIpc) is 2.85. The maximum Gasteiger partial charge on any atom is 0.305 e. The van der Waals surface area contributed by atoms with Gasteiger partial charge in [0.15, 0.2) is 0 Å². The third-order valence-corrected chi connectivity index (χ3v) is 8.32. The Balaban J connectivity index is 3.47. The van der Waals surface area contributed by atoms with Crippen LogP contribution < -0.4 is 0 Å². The van der Waals surface area contributed by atoms with Crippen LogP contribution in [0.5, 0.6) is 0 Å². The first kappa shape index (κ1) is 40.9. The normalized spacial score (nSPS) is 14.4. The molecule has 4 heteroatoms. The average molecular weight is 595 g/mol. The Morgan fingerprint density at radius 1 is 0.452 bits per heavy atom. The Hall–Kier alpha value is -1.06. The summed E-state index contributed by atoms with van der Waals surface area (Å²) in [6.45, 7) is 21.7. The lowest BCUT2D eigenvalue weighted by molar-refractivity contribution is -0.145. The summed E-state index contributed by atoms with van der Waals surface area (Å²) in [5.41, 5.74) is 0.682. The number of esters is 2. The SMILES string of the molecule is CC(CCCCCCCCC(=O)OCCC(C)CC(C)(C)C)CCCCCCCCC(=O)OCCC(C)CC(C)(C)C. The van der Waals surface area contributed by atoms with Crippen LogP contribution >= 0.6 is 0 Å². The van der Waals surface area contributed by atoms with Gasteiger partial charge in [0.2, 0.25) is 0 Å². The predicted octanol–water partition coefficient (Wildman–Crippen LogP) is 11.9. The second-order valence-electron chi connectivity index (χ2n) is 16.2. The van der Waals surface area contributed by atoms with E-state index in [1.807, 2.05) is 0 Å². The predicted molar refractivity (Wildman–Crippen MR) is 181 cm³/mol. The molecule has 0 spiro atoms. The van der Waals surface area contributed by atoms with Gasteiger partial charge < -0.3 is 9.47 Å². The Labute approximate surface area is 263 Å². The van der Waals surface area contributed by atoms with Gasteiger partial charge in [0.05, 0.1) is 13.2 Å².